The lowest BCUT2D eigenvalue weighted by Gasteiger charge is -2.56. The minimum Gasteiger partial charge on any atom is -0.426 e. The molecule has 0 aromatic heterocycles. The van der Waals surface area contributed by atoms with Gasteiger partial charge in [0.15, 0.2) is 6.87 Å². The molecular formula is C22H45NO4Si4. The van der Waals surface area contributed by atoms with Gasteiger partial charge in [0.05, 0.1) is 39.9 Å². The number of para-hydroxylation sites is 1. The molecule has 178 valence electrons. The second-order valence-electron chi connectivity index (χ2n) is 11.6. The minimum absolute atomic E-state index is 0.138. The van der Waals surface area contributed by atoms with E-state index in [4.69, 9.17) is 9.16 Å². The molecule has 31 heavy (non-hydrogen) atoms. The van der Waals surface area contributed by atoms with Gasteiger partial charge in [-0.15, -0.1) is 0 Å². The van der Waals surface area contributed by atoms with Gasteiger partial charge in [-0.3, -0.25) is 10.1 Å². The third-order valence-corrected chi connectivity index (χ3v) is 73.9. The number of ether oxygens (including phenoxy) is 1. The van der Waals surface area contributed by atoms with Crippen LogP contribution >= 0.6 is 0 Å². The Balaban J connectivity index is 2.43. The van der Waals surface area contributed by atoms with Crippen molar-refractivity contribution in [3.05, 3.63) is 39.9 Å². The first-order valence-corrected chi connectivity index (χ1v) is 27.0. The largest absolute Gasteiger partial charge is 0.426 e. The summed E-state index contributed by atoms with van der Waals surface area (Å²) in [6, 6.07) is 6.80. The van der Waals surface area contributed by atoms with Crippen LogP contribution in [0.15, 0.2) is 24.3 Å². The molecule has 0 radical (unpaired) electrons. The summed E-state index contributed by atoms with van der Waals surface area (Å²) in [4.78, 5) is 10.7. The van der Waals surface area contributed by atoms with E-state index < -0.39 is 29.6 Å². The van der Waals surface area contributed by atoms with Crippen molar-refractivity contribution in [2.45, 2.75) is 91.2 Å². The van der Waals surface area contributed by atoms with Gasteiger partial charge in [0.2, 0.25) is 0 Å². The number of benzene rings is 1. The van der Waals surface area contributed by atoms with Crippen molar-refractivity contribution >= 4 is 35.3 Å². The van der Waals surface area contributed by atoms with Gasteiger partial charge in [0, 0.05) is 19.3 Å². The van der Waals surface area contributed by atoms with Gasteiger partial charge >= 0.3 is 0 Å². The van der Waals surface area contributed by atoms with E-state index >= 15 is 0 Å². The highest BCUT2D eigenvalue weighted by Crippen LogP contribution is 2.38. The molecule has 0 aliphatic heterocycles. The van der Waals surface area contributed by atoms with E-state index in [0.29, 0.717) is 18.8 Å². The monoisotopic (exact) mass is 499 g/mol. The van der Waals surface area contributed by atoms with Crippen LogP contribution in [0.3, 0.4) is 0 Å². The number of nitro groups is 1. The number of hydrogen-bond acceptors (Lipinski definition) is 4. The molecule has 1 rings (SSSR count). The average molecular weight is 500 g/mol. The summed E-state index contributed by atoms with van der Waals surface area (Å²) in [5.74, 6) is 0. The molecule has 0 saturated heterocycles. The number of hydrogen-bond donors (Lipinski definition) is 0. The van der Waals surface area contributed by atoms with E-state index in [0.717, 1.165) is 32.3 Å². The van der Waals surface area contributed by atoms with Crippen molar-refractivity contribution in [2.75, 3.05) is 13.2 Å². The third kappa shape index (κ3) is 7.46. The maximum absolute atomic E-state index is 11.1. The van der Waals surface area contributed by atoms with Crippen molar-refractivity contribution in [1.82, 2.24) is 0 Å². The maximum atomic E-state index is 11.1. The standard InChI is InChI=1S/C22H45NO4Si4/c1-28(2,3)31(29(4,5)6,30(7,8)9)27-19-15-11-10-14-18-26-20-21-16-12-13-17-22(21)23(24)25/h12-13,16-17H,10-11,14-15,18-20H2,1-9H3. The van der Waals surface area contributed by atoms with Crippen LogP contribution in [0.4, 0.5) is 5.69 Å². The number of nitro benzene ring substituents is 1. The second-order valence-corrected chi connectivity index (χ2v) is 51.1. The number of unbranched alkanes of at least 4 members (excludes halogenated alkanes) is 3. The van der Waals surface area contributed by atoms with E-state index in [-0.39, 0.29) is 10.6 Å². The summed E-state index contributed by atoms with van der Waals surface area (Å²) in [6.45, 7) is 23.2. The molecule has 0 spiro atoms. The molecule has 0 N–H and O–H groups in total. The topological polar surface area (TPSA) is 61.6 Å². The van der Waals surface area contributed by atoms with Crippen LogP contribution in [-0.4, -0.2) is 47.8 Å². The molecule has 5 nitrogen and oxygen atoms in total. The summed E-state index contributed by atoms with van der Waals surface area (Å²) < 4.78 is 12.8. The van der Waals surface area contributed by atoms with Crippen molar-refractivity contribution in [1.29, 1.82) is 0 Å². The Morgan fingerprint density at radius 3 is 1.74 bits per heavy atom. The van der Waals surface area contributed by atoms with Crippen LogP contribution in [-0.2, 0) is 15.8 Å². The highest BCUT2D eigenvalue weighted by molar-refractivity contribution is 7.87. The van der Waals surface area contributed by atoms with E-state index in [1.54, 1.807) is 12.1 Å². The fraction of sp³-hybridized carbons (Fsp3) is 0.727. The third-order valence-electron chi connectivity index (χ3n) is 6.12. The fourth-order valence-electron chi connectivity index (χ4n) is 5.90. The van der Waals surface area contributed by atoms with Gasteiger partial charge < -0.3 is 9.16 Å². The van der Waals surface area contributed by atoms with E-state index in [1.807, 2.05) is 6.07 Å². The Kier molecular flexibility index (Phi) is 10.6. The first kappa shape index (κ1) is 28.4. The summed E-state index contributed by atoms with van der Waals surface area (Å²) >= 11 is 0. The second kappa shape index (κ2) is 11.5. The van der Waals surface area contributed by atoms with Crippen molar-refractivity contribution in [2.24, 2.45) is 0 Å². The smallest absolute Gasteiger partial charge is 0.274 e. The molecule has 0 fully saturated rings. The molecule has 0 aliphatic carbocycles. The van der Waals surface area contributed by atoms with Crippen LogP contribution in [0.25, 0.3) is 0 Å². The highest BCUT2D eigenvalue weighted by Gasteiger charge is 2.63. The first-order valence-electron chi connectivity index (χ1n) is 11.6. The Bertz CT molecular complexity index is 673. The predicted molar refractivity (Wildman–Crippen MR) is 143 cm³/mol. The van der Waals surface area contributed by atoms with Gasteiger partial charge in [-0.1, -0.05) is 83.9 Å². The molecule has 0 atom stereocenters. The quantitative estimate of drug-likeness (QED) is 0.121. The maximum Gasteiger partial charge on any atom is 0.274 e. The Labute approximate surface area is 193 Å². The lowest BCUT2D eigenvalue weighted by molar-refractivity contribution is -0.385. The Morgan fingerprint density at radius 1 is 0.774 bits per heavy atom. The predicted octanol–water partition coefficient (Wildman–Crippen LogP) is 6.88. The van der Waals surface area contributed by atoms with Crippen molar-refractivity contribution < 1.29 is 14.1 Å². The summed E-state index contributed by atoms with van der Waals surface area (Å²) in [5, 5.41) is 11.1. The minimum atomic E-state index is -1.70. The van der Waals surface area contributed by atoms with Crippen LogP contribution in [0.2, 0.25) is 58.9 Å². The average Bonchev–Trinajstić information content (AvgIpc) is 2.60. The molecule has 0 unspecified atom stereocenters. The van der Waals surface area contributed by atoms with Crippen LogP contribution in [0.5, 0.6) is 0 Å². The molecule has 1 aromatic carbocycles. The van der Waals surface area contributed by atoms with Gasteiger partial charge in [0.25, 0.3) is 5.69 Å². The van der Waals surface area contributed by atoms with Gasteiger partial charge in [-0.25, -0.2) is 0 Å². The lowest BCUT2D eigenvalue weighted by atomic mass is 10.2. The van der Waals surface area contributed by atoms with Gasteiger partial charge in [-0.05, 0) is 18.9 Å². The molecule has 9 heteroatoms. The fourth-order valence-corrected chi connectivity index (χ4v) is 100. The van der Waals surface area contributed by atoms with E-state index in [1.165, 1.54) is 6.07 Å². The van der Waals surface area contributed by atoms with Crippen LogP contribution < -0.4 is 0 Å². The normalized spacial score (nSPS) is 13.5. The number of nitrogens with zero attached hydrogens (tertiary/aromatic N) is 1. The van der Waals surface area contributed by atoms with Crippen molar-refractivity contribution in [3.63, 3.8) is 0 Å². The Hall–Kier alpha value is -0.592. The molecule has 0 bridgehead atoms. The molecule has 1 aromatic rings. The molecule has 0 amide bonds. The molecular weight excluding hydrogens is 455 g/mol. The van der Waals surface area contributed by atoms with Gasteiger partial charge in [0.1, 0.15) is 0 Å². The van der Waals surface area contributed by atoms with E-state index in [9.17, 15) is 10.1 Å². The summed E-state index contributed by atoms with van der Waals surface area (Å²) in [5.41, 5.74) is 0.783. The van der Waals surface area contributed by atoms with Crippen LogP contribution in [0.1, 0.15) is 31.2 Å². The molecule has 0 saturated carbocycles. The van der Waals surface area contributed by atoms with Crippen molar-refractivity contribution in [3.8, 4) is 0 Å². The van der Waals surface area contributed by atoms with E-state index in [2.05, 4.69) is 58.9 Å². The Morgan fingerprint density at radius 2 is 1.26 bits per heavy atom. The zero-order valence-electron chi connectivity index (χ0n) is 21.3. The SMILES string of the molecule is C[Si](C)(C)[Si](OCCCCCCOCc1ccccc1[N+](=O)[O-])([Si](C)(C)C)[Si](C)(C)C. The summed E-state index contributed by atoms with van der Waals surface area (Å²) in [7, 11) is -4.10. The van der Waals surface area contributed by atoms with Gasteiger partial charge in [-0.2, -0.15) is 0 Å². The lowest BCUT2D eigenvalue weighted by Crippen LogP contribution is -2.84. The zero-order chi connectivity index (χ0) is 23.9. The highest BCUT2D eigenvalue weighted by atomic mass is 29.9. The number of rotatable bonds is 14. The first-order chi connectivity index (χ1) is 14.1. The molecule has 0 heterocycles. The summed E-state index contributed by atoms with van der Waals surface area (Å²) in [6.07, 6.45) is 4.38. The zero-order valence-corrected chi connectivity index (χ0v) is 25.3. The molecule has 0 aliphatic rings. The van der Waals surface area contributed by atoms with Crippen LogP contribution in [0, 0.1) is 10.1 Å².